The number of nitrogens with one attached hydrogen (secondary N) is 2. The molecular weight excluding hydrogens is 290 g/mol. The maximum atomic E-state index is 12.4. The monoisotopic (exact) mass is 303 g/mol. The molecule has 112 valence electrons. The summed E-state index contributed by atoms with van der Waals surface area (Å²) < 4.78 is 1.67. The van der Waals surface area contributed by atoms with Gasteiger partial charge in [-0.2, -0.15) is 5.10 Å². The fourth-order valence-corrected chi connectivity index (χ4v) is 2.42. The maximum Gasteiger partial charge on any atom is 0.258 e. The highest BCUT2D eigenvalue weighted by molar-refractivity contribution is 6.07. The Morgan fingerprint density at radius 1 is 1.09 bits per heavy atom. The molecule has 2 aromatic heterocycles. The third kappa shape index (κ3) is 2.46. The molecule has 0 saturated carbocycles. The van der Waals surface area contributed by atoms with Crippen LogP contribution >= 0.6 is 0 Å². The molecule has 0 radical (unpaired) electrons. The molecule has 4 aromatic rings. The summed E-state index contributed by atoms with van der Waals surface area (Å²) in [5.74, 6) is -0.220. The summed E-state index contributed by atoms with van der Waals surface area (Å²) in [6, 6.07) is 15.2. The SMILES string of the molecule is O=C(Nc1cccc2[nH]cnc12)c1cnn(-c2ccccc2)c1. The number of H-pyrrole nitrogens is 1. The number of anilines is 1. The van der Waals surface area contributed by atoms with Crippen molar-refractivity contribution in [3.05, 3.63) is 72.8 Å². The number of nitrogens with zero attached hydrogens (tertiary/aromatic N) is 3. The fourth-order valence-electron chi connectivity index (χ4n) is 2.42. The van der Waals surface area contributed by atoms with Gasteiger partial charge in [0.25, 0.3) is 5.91 Å². The van der Waals surface area contributed by atoms with Gasteiger partial charge in [0.15, 0.2) is 0 Å². The minimum atomic E-state index is -0.220. The third-order valence-electron chi connectivity index (χ3n) is 3.56. The van der Waals surface area contributed by atoms with Crippen molar-refractivity contribution in [2.75, 3.05) is 5.32 Å². The van der Waals surface area contributed by atoms with Crippen LogP contribution in [0.5, 0.6) is 0 Å². The number of aromatic nitrogens is 4. The van der Waals surface area contributed by atoms with Gasteiger partial charge in [-0.15, -0.1) is 0 Å². The van der Waals surface area contributed by atoms with Gasteiger partial charge >= 0.3 is 0 Å². The van der Waals surface area contributed by atoms with Gasteiger partial charge in [-0.25, -0.2) is 9.67 Å². The lowest BCUT2D eigenvalue weighted by molar-refractivity contribution is 0.102. The van der Waals surface area contributed by atoms with Crippen LogP contribution in [-0.2, 0) is 0 Å². The van der Waals surface area contributed by atoms with Gasteiger partial charge < -0.3 is 10.3 Å². The lowest BCUT2D eigenvalue weighted by Gasteiger charge is -2.04. The molecule has 6 heteroatoms. The quantitative estimate of drug-likeness (QED) is 0.611. The van der Waals surface area contributed by atoms with Gasteiger partial charge in [0.2, 0.25) is 0 Å². The first-order chi connectivity index (χ1) is 11.3. The number of rotatable bonds is 3. The van der Waals surface area contributed by atoms with Crippen molar-refractivity contribution in [2.24, 2.45) is 0 Å². The van der Waals surface area contributed by atoms with Crippen LogP contribution in [0, 0.1) is 0 Å². The topological polar surface area (TPSA) is 75.6 Å². The first-order valence-electron chi connectivity index (χ1n) is 7.15. The second-order valence-corrected chi connectivity index (χ2v) is 5.07. The second kappa shape index (κ2) is 5.42. The molecule has 0 aliphatic heterocycles. The van der Waals surface area contributed by atoms with Crippen LogP contribution in [0.15, 0.2) is 67.3 Å². The van der Waals surface area contributed by atoms with Gasteiger partial charge in [0.05, 0.1) is 35.0 Å². The molecule has 2 heterocycles. The number of imidazole rings is 1. The Morgan fingerprint density at radius 3 is 2.83 bits per heavy atom. The molecule has 0 spiro atoms. The molecule has 4 rings (SSSR count). The van der Waals surface area contributed by atoms with Crippen molar-refractivity contribution in [3.63, 3.8) is 0 Å². The van der Waals surface area contributed by atoms with Crippen molar-refractivity contribution < 1.29 is 4.79 Å². The Kier molecular flexibility index (Phi) is 3.12. The average molecular weight is 303 g/mol. The summed E-state index contributed by atoms with van der Waals surface area (Å²) in [5.41, 5.74) is 3.67. The van der Waals surface area contributed by atoms with Crippen molar-refractivity contribution in [3.8, 4) is 5.69 Å². The molecule has 23 heavy (non-hydrogen) atoms. The molecule has 0 unspecified atom stereocenters. The molecule has 0 aliphatic carbocycles. The zero-order valence-corrected chi connectivity index (χ0v) is 12.1. The van der Waals surface area contributed by atoms with Crippen LogP contribution in [0.2, 0.25) is 0 Å². The van der Waals surface area contributed by atoms with E-state index in [-0.39, 0.29) is 5.91 Å². The van der Waals surface area contributed by atoms with Crippen molar-refractivity contribution in [1.29, 1.82) is 0 Å². The zero-order valence-electron chi connectivity index (χ0n) is 12.1. The van der Waals surface area contributed by atoms with Crippen LogP contribution < -0.4 is 5.32 Å². The van der Waals surface area contributed by atoms with Crippen molar-refractivity contribution >= 4 is 22.6 Å². The first-order valence-corrected chi connectivity index (χ1v) is 7.15. The van der Waals surface area contributed by atoms with E-state index in [0.717, 1.165) is 16.7 Å². The molecular formula is C17H13N5O. The predicted octanol–water partition coefficient (Wildman–Crippen LogP) is 3.00. The Balaban J connectivity index is 1.60. The summed E-state index contributed by atoms with van der Waals surface area (Å²) in [4.78, 5) is 19.7. The van der Waals surface area contributed by atoms with Crippen LogP contribution in [0.1, 0.15) is 10.4 Å². The van der Waals surface area contributed by atoms with Crippen molar-refractivity contribution in [1.82, 2.24) is 19.7 Å². The minimum Gasteiger partial charge on any atom is -0.345 e. The first kappa shape index (κ1) is 13.3. The van der Waals surface area contributed by atoms with E-state index in [1.165, 1.54) is 0 Å². The van der Waals surface area contributed by atoms with Crippen molar-refractivity contribution in [2.45, 2.75) is 0 Å². The van der Waals surface area contributed by atoms with E-state index in [1.54, 1.807) is 23.4 Å². The van der Waals surface area contributed by atoms with Crippen LogP contribution in [0.25, 0.3) is 16.7 Å². The molecule has 1 amide bonds. The molecule has 0 fully saturated rings. The summed E-state index contributed by atoms with van der Waals surface area (Å²) in [6.45, 7) is 0. The van der Waals surface area contributed by atoms with E-state index in [1.807, 2.05) is 48.5 Å². The van der Waals surface area contributed by atoms with Gasteiger partial charge in [-0.3, -0.25) is 4.79 Å². The number of amides is 1. The number of aromatic amines is 1. The third-order valence-corrected chi connectivity index (χ3v) is 3.56. The lowest BCUT2D eigenvalue weighted by atomic mass is 10.2. The highest BCUT2D eigenvalue weighted by atomic mass is 16.1. The molecule has 2 N–H and O–H groups in total. The number of hydrogen-bond donors (Lipinski definition) is 2. The second-order valence-electron chi connectivity index (χ2n) is 5.07. The molecule has 0 bridgehead atoms. The molecule has 6 nitrogen and oxygen atoms in total. The minimum absolute atomic E-state index is 0.220. The standard InChI is InChI=1S/C17H13N5O/c23-17(21-15-8-4-7-14-16(15)19-11-18-14)12-9-20-22(10-12)13-5-2-1-3-6-13/h1-11H,(H,18,19)(H,21,23). The Labute approximate surface area is 131 Å². The Hall–Kier alpha value is -3.41. The van der Waals surface area contributed by atoms with Crippen LogP contribution in [0.3, 0.4) is 0 Å². The highest BCUT2D eigenvalue weighted by Crippen LogP contribution is 2.20. The molecule has 0 aliphatic rings. The number of benzene rings is 2. The summed E-state index contributed by atoms with van der Waals surface area (Å²) in [6.07, 6.45) is 4.86. The van der Waals surface area contributed by atoms with Gasteiger partial charge in [0, 0.05) is 6.20 Å². The predicted molar refractivity (Wildman–Crippen MR) is 87.6 cm³/mol. The van der Waals surface area contributed by atoms with E-state index < -0.39 is 0 Å². The number of fused-ring (bicyclic) bond motifs is 1. The van der Waals surface area contributed by atoms with E-state index in [2.05, 4.69) is 20.4 Å². The van der Waals surface area contributed by atoms with Gasteiger partial charge in [-0.05, 0) is 24.3 Å². The molecule has 0 saturated heterocycles. The Bertz CT molecular complexity index is 971. The Morgan fingerprint density at radius 2 is 1.96 bits per heavy atom. The number of carbonyl (C=O) groups excluding carboxylic acids is 1. The summed E-state index contributed by atoms with van der Waals surface area (Å²) in [7, 11) is 0. The largest absolute Gasteiger partial charge is 0.345 e. The number of para-hydroxylation sites is 2. The van der Waals surface area contributed by atoms with Crippen LogP contribution in [0.4, 0.5) is 5.69 Å². The van der Waals surface area contributed by atoms with Crippen LogP contribution in [-0.4, -0.2) is 25.7 Å². The summed E-state index contributed by atoms with van der Waals surface area (Å²) >= 11 is 0. The maximum absolute atomic E-state index is 12.4. The lowest BCUT2D eigenvalue weighted by Crippen LogP contribution is -2.11. The smallest absolute Gasteiger partial charge is 0.258 e. The van der Waals surface area contributed by atoms with E-state index in [9.17, 15) is 4.79 Å². The van der Waals surface area contributed by atoms with Gasteiger partial charge in [-0.1, -0.05) is 24.3 Å². The summed E-state index contributed by atoms with van der Waals surface area (Å²) in [5, 5.41) is 7.11. The molecule has 2 aromatic carbocycles. The number of hydrogen-bond acceptors (Lipinski definition) is 3. The fraction of sp³-hybridized carbons (Fsp3) is 0. The van der Waals surface area contributed by atoms with Gasteiger partial charge in [0.1, 0.15) is 5.52 Å². The average Bonchev–Trinajstić information content (AvgIpc) is 3.25. The van der Waals surface area contributed by atoms with E-state index >= 15 is 0 Å². The zero-order chi connectivity index (χ0) is 15.6. The molecule has 0 atom stereocenters. The van der Waals surface area contributed by atoms with E-state index in [0.29, 0.717) is 11.3 Å². The van der Waals surface area contributed by atoms with E-state index in [4.69, 9.17) is 0 Å². The normalized spacial score (nSPS) is 10.8. The highest BCUT2D eigenvalue weighted by Gasteiger charge is 2.12. The number of carbonyl (C=O) groups is 1.